The highest BCUT2D eigenvalue weighted by molar-refractivity contribution is 7.25. The Hall–Kier alpha value is -6.56. The summed E-state index contributed by atoms with van der Waals surface area (Å²) >= 11 is 1.74. The lowest BCUT2D eigenvalue weighted by Gasteiger charge is -2.11. The number of nitrogens with zero attached hydrogens (tertiary/aromatic N) is 4. The van der Waals surface area contributed by atoms with Crippen molar-refractivity contribution in [2.75, 3.05) is 0 Å². The molecule has 0 aliphatic rings. The summed E-state index contributed by atoms with van der Waals surface area (Å²) in [4.78, 5) is 12.0. The average Bonchev–Trinajstić information content (AvgIpc) is 3.93. The zero-order chi connectivity index (χ0) is 33.2. The molecule has 7 aromatic carbocycles. The second-order valence-corrected chi connectivity index (χ2v) is 14.4. The maximum absolute atomic E-state index is 5.54. The molecule has 12 rings (SSSR count). The third kappa shape index (κ3) is 3.63. The molecule has 236 valence electrons. The average molecular weight is 667 g/mol. The van der Waals surface area contributed by atoms with Crippen molar-refractivity contribution in [3.63, 3.8) is 0 Å². The van der Waals surface area contributed by atoms with Gasteiger partial charge in [-0.3, -0.25) is 4.57 Å². The van der Waals surface area contributed by atoms with E-state index in [4.69, 9.17) is 9.97 Å². The van der Waals surface area contributed by atoms with Crippen molar-refractivity contribution in [1.82, 2.24) is 18.9 Å². The first-order valence-electron chi connectivity index (χ1n) is 17.3. The first-order chi connectivity index (χ1) is 25.3. The summed E-state index contributed by atoms with van der Waals surface area (Å²) in [5.74, 6) is 0.683. The topological polar surface area (TPSA) is 35.1 Å². The summed E-state index contributed by atoms with van der Waals surface area (Å²) < 4.78 is 6.01. The van der Waals surface area contributed by atoms with Crippen molar-refractivity contribution in [1.29, 1.82) is 0 Å². The first kappa shape index (κ1) is 27.3. The van der Waals surface area contributed by atoms with Crippen LogP contribution in [0.2, 0.25) is 0 Å². The summed E-state index contributed by atoms with van der Waals surface area (Å²) in [5, 5.41) is 9.67. The van der Waals surface area contributed by atoms with E-state index >= 15 is 0 Å². The lowest BCUT2D eigenvalue weighted by atomic mass is 10.0. The third-order valence-electron chi connectivity index (χ3n) is 10.7. The van der Waals surface area contributed by atoms with Gasteiger partial charge in [0.15, 0.2) is 0 Å². The van der Waals surface area contributed by atoms with Crippen molar-refractivity contribution in [3.8, 4) is 28.3 Å². The standard InChI is InChI=1S/C46H26N4S/c1-3-13-27(14-4-1)29-23-24-38-33(25-29)35-26-34-30-17-7-10-20-36(30)49-37-21-11-8-18-31(37)41(43(34)49)44(35)50(38)46-47-42(28-15-5-2-6-16-28)40-32-19-9-12-22-39(32)51-45(40)48-46/h1-26H. The van der Waals surface area contributed by atoms with Crippen molar-refractivity contribution >= 4 is 91.5 Å². The molecule has 0 spiro atoms. The zero-order valence-corrected chi connectivity index (χ0v) is 28.0. The maximum atomic E-state index is 5.54. The Labute approximate surface area is 295 Å². The quantitative estimate of drug-likeness (QED) is 0.188. The zero-order valence-electron chi connectivity index (χ0n) is 27.2. The Bertz CT molecular complexity index is 3350. The second-order valence-electron chi connectivity index (χ2n) is 13.4. The van der Waals surface area contributed by atoms with Gasteiger partial charge in [0.2, 0.25) is 5.95 Å². The molecule has 0 aliphatic carbocycles. The smallest absolute Gasteiger partial charge is 0.236 e. The van der Waals surface area contributed by atoms with E-state index in [1.807, 2.05) is 0 Å². The Kier molecular flexibility index (Phi) is 5.35. The van der Waals surface area contributed by atoms with E-state index in [2.05, 4.69) is 167 Å². The van der Waals surface area contributed by atoms with Crippen LogP contribution in [0.4, 0.5) is 0 Å². The van der Waals surface area contributed by atoms with Gasteiger partial charge in [-0.05, 0) is 47.5 Å². The number of aromatic nitrogens is 4. The molecule has 0 saturated carbocycles. The van der Waals surface area contributed by atoms with Crippen LogP contribution in [0.15, 0.2) is 158 Å². The van der Waals surface area contributed by atoms with E-state index in [-0.39, 0.29) is 0 Å². The maximum Gasteiger partial charge on any atom is 0.236 e. The van der Waals surface area contributed by atoms with Crippen molar-refractivity contribution in [3.05, 3.63) is 158 Å². The van der Waals surface area contributed by atoms with Crippen molar-refractivity contribution in [2.45, 2.75) is 0 Å². The third-order valence-corrected chi connectivity index (χ3v) is 11.7. The van der Waals surface area contributed by atoms with Gasteiger partial charge < -0.3 is 4.40 Å². The van der Waals surface area contributed by atoms with Crippen LogP contribution in [-0.4, -0.2) is 18.9 Å². The lowest BCUT2D eigenvalue weighted by Crippen LogP contribution is -2.03. The Morgan fingerprint density at radius 1 is 0.412 bits per heavy atom. The van der Waals surface area contributed by atoms with Gasteiger partial charge in [0.05, 0.1) is 33.3 Å². The number of rotatable bonds is 3. The molecule has 0 atom stereocenters. The first-order valence-corrected chi connectivity index (χ1v) is 18.1. The van der Waals surface area contributed by atoms with Gasteiger partial charge in [-0.25, -0.2) is 9.97 Å². The molecule has 0 aliphatic heterocycles. The molecule has 5 heterocycles. The van der Waals surface area contributed by atoms with Gasteiger partial charge in [0.1, 0.15) is 4.83 Å². The van der Waals surface area contributed by atoms with Crippen molar-refractivity contribution in [2.24, 2.45) is 0 Å². The molecule has 4 nitrogen and oxygen atoms in total. The van der Waals surface area contributed by atoms with E-state index in [1.165, 1.54) is 70.1 Å². The normalized spacial score (nSPS) is 12.3. The Morgan fingerprint density at radius 2 is 1.06 bits per heavy atom. The lowest BCUT2D eigenvalue weighted by molar-refractivity contribution is 1.02. The largest absolute Gasteiger partial charge is 0.308 e. The molecule has 0 N–H and O–H groups in total. The van der Waals surface area contributed by atoms with Crippen LogP contribution >= 0.6 is 11.3 Å². The molecular formula is C46H26N4S. The number of thiophene rings is 1. The number of benzene rings is 7. The fraction of sp³-hybridized carbons (Fsp3) is 0. The van der Waals surface area contributed by atoms with E-state index < -0.39 is 0 Å². The Morgan fingerprint density at radius 3 is 1.86 bits per heavy atom. The highest BCUT2D eigenvalue weighted by atomic mass is 32.1. The van der Waals surface area contributed by atoms with E-state index in [9.17, 15) is 0 Å². The van der Waals surface area contributed by atoms with Gasteiger partial charge in [0.25, 0.3) is 0 Å². The number of hydrogen-bond acceptors (Lipinski definition) is 3. The molecule has 0 bridgehead atoms. The SMILES string of the molecule is c1ccc(-c2ccc3c(c2)c2cc4c5ccccc5n5c6ccccc6c(c2n3-c2nc(-c3ccccc3)c3c(n2)sc2ccccc23)c45)cc1. The van der Waals surface area contributed by atoms with Gasteiger partial charge in [-0.2, -0.15) is 0 Å². The Balaban J connectivity index is 1.31. The van der Waals surface area contributed by atoms with Crippen LogP contribution < -0.4 is 0 Å². The van der Waals surface area contributed by atoms with Crippen LogP contribution in [0.3, 0.4) is 0 Å². The minimum absolute atomic E-state index is 0.683. The van der Waals surface area contributed by atoms with Gasteiger partial charge in [-0.15, -0.1) is 11.3 Å². The molecule has 0 fully saturated rings. The highest BCUT2D eigenvalue weighted by Crippen LogP contribution is 2.47. The van der Waals surface area contributed by atoms with Crippen LogP contribution in [0.1, 0.15) is 0 Å². The van der Waals surface area contributed by atoms with E-state index in [0.717, 1.165) is 32.5 Å². The number of fused-ring (bicyclic) bond motifs is 13. The fourth-order valence-corrected chi connectivity index (χ4v) is 9.61. The summed E-state index contributed by atoms with van der Waals surface area (Å²) in [7, 11) is 0. The monoisotopic (exact) mass is 666 g/mol. The minimum atomic E-state index is 0.683. The predicted molar refractivity (Wildman–Crippen MR) is 215 cm³/mol. The molecule has 12 aromatic rings. The molecule has 5 aromatic heterocycles. The van der Waals surface area contributed by atoms with Gasteiger partial charge >= 0.3 is 0 Å². The van der Waals surface area contributed by atoms with E-state index in [1.54, 1.807) is 11.3 Å². The number of hydrogen-bond donors (Lipinski definition) is 0. The minimum Gasteiger partial charge on any atom is -0.308 e. The summed E-state index contributed by atoms with van der Waals surface area (Å²) in [6.45, 7) is 0. The second kappa shape index (κ2) is 10.0. The van der Waals surface area contributed by atoms with Crippen molar-refractivity contribution < 1.29 is 0 Å². The highest BCUT2D eigenvalue weighted by Gasteiger charge is 2.26. The predicted octanol–water partition coefficient (Wildman–Crippen LogP) is 12.4. The van der Waals surface area contributed by atoms with Crippen LogP contribution in [0.5, 0.6) is 0 Å². The number of para-hydroxylation sites is 2. The van der Waals surface area contributed by atoms with Gasteiger partial charge in [-0.1, -0.05) is 121 Å². The molecular weight excluding hydrogens is 641 g/mol. The van der Waals surface area contributed by atoms with Crippen LogP contribution in [0.25, 0.3) is 109 Å². The van der Waals surface area contributed by atoms with Crippen LogP contribution in [0, 0.1) is 0 Å². The summed E-state index contributed by atoms with van der Waals surface area (Å²) in [6, 6.07) is 56.8. The fourth-order valence-electron chi connectivity index (χ4n) is 8.54. The molecule has 0 amide bonds. The molecule has 5 heteroatoms. The van der Waals surface area contributed by atoms with Gasteiger partial charge in [0, 0.05) is 53.4 Å². The van der Waals surface area contributed by atoms with E-state index in [0.29, 0.717) is 5.95 Å². The molecule has 0 radical (unpaired) electrons. The van der Waals surface area contributed by atoms with Crippen LogP contribution in [-0.2, 0) is 0 Å². The summed E-state index contributed by atoms with van der Waals surface area (Å²) in [5.41, 5.74) is 10.3. The summed E-state index contributed by atoms with van der Waals surface area (Å²) in [6.07, 6.45) is 0. The molecule has 51 heavy (non-hydrogen) atoms. The molecule has 0 saturated heterocycles. The molecule has 0 unspecified atom stereocenters.